The highest BCUT2D eigenvalue weighted by atomic mass is 35.5. The standard InChI is InChI=1S/C26H29ClN4O4/c1-30-15-12-28-24(30)23(19-6-4-5-7-21(19)34-2)29-25(32)17-10-13-31(14-11-17)26(33)20-16-18(27)8-9-22(20)35-3/h4-9,12,15-17,23H,10-11,13-14H2,1-3H3,(H,29,32). The summed E-state index contributed by atoms with van der Waals surface area (Å²) >= 11 is 6.10. The molecule has 1 fully saturated rings. The number of hydrogen-bond acceptors (Lipinski definition) is 5. The second-order valence-electron chi connectivity index (χ2n) is 8.49. The third kappa shape index (κ3) is 5.27. The summed E-state index contributed by atoms with van der Waals surface area (Å²) < 4.78 is 12.8. The molecule has 2 amide bonds. The Morgan fingerprint density at radius 2 is 1.80 bits per heavy atom. The van der Waals surface area contributed by atoms with Gasteiger partial charge < -0.3 is 24.3 Å². The molecule has 184 valence electrons. The predicted molar refractivity (Wildman–Crippen MR) is 133 cm³/mol. The van der Waals surface area contributed by atoms with Gasteiger partial charge >= 0.3 is 0 Å². The molecule has 2 heterocycles. The molecule has 2 aromatic carbocycles. The van der Waals surface area contributed by atoms with Crippen LogP contribution in [0.2, 0.25) is 5.02 Å². The molecule has 1 N–H and O–H groups in total. The second-order valence-corrected chi connectivity index (χ2v) is 8.93. The van der Waals surface area contributed by atoms with Crippen LogP contribution in [0.5, 0.6) is 11.5 Å². The normalized spacial score (nSPS) is 14.9. The van der Waals surface area contributed by atoms with Gasteiger partial charge in [0.15, 0.2) is 0 Å². The molecule has 8 nitrogen and oxygen atoms in total. The first-order valence-electron chi connectivity index (χ1n) is 11.5. The molecule has 0 bridgehead atoms. The van der Waals surface area contributed by atoms with Crippen LogP contribution in [0.3, 0.4) is 0 Å². The minimum atomic E-state index is -0.464. The van der Waals surface area contributed by atoms with Gasteiger partial charge in [-0.15, -0.1) is 0 Å². The van der Waals surface area contributed by atoms with Crippen LogP contribution in [0.15, 0.2) is 54.9 Å². The lowest BCUT2D eigenvalue weighted by molar-refractivity contribution is -0.126. The van der Waals surface area contributed by atoms with Gasteiger partial charge in [-0.25, -0.2) is 4.98 Å². The smallest absolute Gasteiger partial charge is 0.257 e. The van der Waals surface area contributed by atoms with Crippen molar-refractivity contribution < 1.29 is 19.1 Å². The average Bonchev–Trinajstić information content (AvgIpc) is 3.32. The molecular formula is C26H29ClN4O4. The Kier molecular flexibility index (Phi) is 7.60. The number of rotatable bonds is 7. The van der Waals surface area contributed by atoms with E-state index < -0.39 is 6.04 Å². The van der Waals surface area contributed by atoms with Crippen molar-refractivity contribution in [2.75, 3.05) is 27.3 Å². The van der Waals surface area contributed by atoms with Crippen LogP contribution in [0.25, 0.3) is 0 Å². The summed E-state index contributed by atoms with van der Waals surface area (Å²) in [6.07, 6.45) is 4.66. The number of piperidine rings is 1. The number of aryl methyl sites for hydroxylation is 1. The second kappa shape index (κ2) is 10.8. The number of benzene rings is 2. The molecule has 0 aliphatic carbocycles. The maximum Gasteiger partial charge on any atom is 0.257 e. The lowest BCUT2D eigenvalue weighted by Crippen LogP contribution is -2.44. The van der Waals surface area contributed by atoms with Crippen molar-refractivity contribution in [1.82, 2.24) is 19.8 Å². The van der Waals surface area contributed by atoms with Crippen LogP contribution in [0.1, 0.15) is 40.6 Å². The summed E-state index contributed by atoms with van der Waals surface area (Å²) in [4.78, 5) is 32.7. The predicted octanol–water partition coefficient (Wildman–Crippen LogP) is 3.85. The first-order valence-corrected chi connectivity index (χ1v) is 11.8. The van der Waals surface area contributed by atoms with Crippen molar-refractivity contribution in [3.63, 3.8) is 0 Å². The zero-order valence-electron chi connectivity index (χ0n) is 20.0. The Labute approximate surface area is 209 Å². The van der Waals surface area contributed by atoms with Gasteiger partial charge in [0.25, 0.3) is 5.91 Å². The van der Waals surface area contributed by atoms with Crippen LogP contribution < -0.4 is 14.8 Å². The van der Waals surface area contributed by atoms with Crippen molar-refractivity contribution in [2.45, 2.75) is 18.9 Å². The summed E-state index contributed by atoms with van der Waals surface area (Å²) in [6, 6.07) is 12.1. The van der Waals surface area contributed by atoms with E-state index in [0.29, 0.717) is 53.8 Å². The van der Waals surface area contributed by atoms with Crippen LogP contribution in [0.4, 0.5) is 0 Å². The molecule has 9 heteroatoms. The van der Waals surface area contributed by atoms with E-state index in [0.717, 1.165) is 5.56 Å². The van der Waals surface area contributed by atoms with Gasteiger partial charge in [0.05, 0.1) is 19.8 Å². The van der Waals surface area contributed by atoms with E-state index in [9.17, 15) is 9.59 Å². The Hall–Kier alpha value is -3.52. The number of aromatic nitrogens is 2. The largest absolute Gasteiger partial charge is 0.496 e. The van der Waals surface area contributed by atoms with E-state index in [-0.39, 0.29) is 17.7 Å². The topological polar surface area (TPSA) is 85.7 Å². The minimum Gasteiger partial charge on any atom is -0.496 e. The number of carbonyl (C=O) groups is 2. The number of likely N-dealkylation sites (tertiary alicyclic amines) is 1. The molecule has 4 rings (SSSR count). The van der Waals surface area contributed by atoms with Gasteiger partial charge in [-0.2, -0.15) is 0 Å². The number of imidazole rings is 1. The number of halogens is 1. The molecule has 1 aliphatic rings. The quantitative estimate of drug-likeness (QED) is 0.537. The highest BCUT2D eigenvalue weighted by Crippen LogP contribution is 2.31. The molecule has 1 aliphatic heterocycles. The fourth-order valence-corrected chi connectivity index (χ4v) is 4.64. The number of para-hydroxylation sites is 1. The molecule has 1 unspecified atom stereocenters. The van der Waals surface area contributed by atoms with E-state index in [1.54, 1.807) is 36.4 Å². The number of hydrogen-bond donors (Lipinski definition) is 1. The van der Waals surface area contributed by atoms with Gasteiger partial charge in [-0.1, -0.05) is 29.8 Å². The number of nitrogens with one attached hydrogen (secondary N) is 1. The van der Waals surface area contributed by atoms with E-state index in [1.165, 1.54) is 7.11 Å². The Bertz CT molecular complexity index is 1200. The fourth-order valence-electron chi connectivity index (χ4n) is 4.46. The zero-order valence-corrected chi connectivity index (χ0v) is 20.8. The number of amides is 2. The SMILES string of the molecule is COc1ccc(Cl)cc1C(=O)N1CCC(C(=O)NC(c2ccccc2OC)c2nccn2C)CC1. The number of methoxy groups -OCH3 is 2. The summed E-state index contributed by atoms with van der Waals surface area (Å²) in [7, 11) is 5.03. The van der Waals surface area contributed by atoms with Crippen molar-refractivity contribution >= 4 is 23.4 Å². The molecule has 0 saturated carbocycles. The number of nitrogens with zero attached hydrogens (tertiary/aromatic N) is 3. The molecule has 1 atom stereocenters. The molecule has 1 aromatic heterocycles. The van der Waals surface area contributed by atoms with Gasteiger partial charge in [0.2, 0.25) is 5.91 Å². The first-order chi connectivity index (χ1) is 16.9. The van der Waals surface area contributed by atoms with E-state index in [1.807, 2.05) is 42.1 Å². The first kappa shape index (κ1) is 24.6. The maximum atomic E-state index is 13.3. The molecule has 35 heavy (non-hydrogen) atoms. The minimum absolute atomic E-state index is 0.0728. The summed E-state index contributed by atoms with van der Waals surface area (Å²) in [5.74, 6) is 1.42. The number of carbonyl (C=O) groups excluding carboxylic acids is 2. The van der Waals surface area contributed by atoms with Crippen LogP contribution in [-0.2, 0) is 11.8 Å². The Balaban J connectivity index is 1.47. The van der Waals surface area contributed by atoms with E-state index in [2.05, 4.69) is 10.3 Å². The van der Waals surface area contributed by atoms with Crippen LogP contribution in [-0.4, -0.2) is 53.6 Å². The van der Waals surface area contributed by atoms with Crippen molar-refractivity contribution in [3.8, 4) is 11.5 Å². The van der Waals surface area contributed by atoms with Gasteiger partial charge in [-0.05, 0) is 37.1 Å². The maximum absolute atomic E-state index is 13.3. The highest BCUT2D eigenvalue weighted by Gasteiger charge is 2.32. The lowest BCUT2D eigenvalue weighted by atomic mass is 9.94. The highest BCUT2D eigenvalue weighted by molar-refractivity contribution is 6.31. The monoisotopic (exact) mass is 496 g/mol. The summed E-state index contributed by atoms with van der Waals surface area (Å²) in [5, 5.41) is 3.65. The van der Waals surface area contributed by atoms with Crippen LogP contribution in [0, 0.1) is 5.92 Å². The molecule has 0 spiro atoms. The van der Waals surface area contributed by atoms with E-state index >= 15 is 0 Å². The third-order valence-electron chi connectivity index (χ3n) is 6.40. The molecule has 1 saturated heterocycles. The Morgan fingerprint density at radius 3 is 2.46 bits per heavy atom. The Morgan fingerprint density at radius 1 is 1.09 bits per heavy atom. The molecular weight excluding hydrogens is 468 g/mol. The molecule has 3 aromatic rings. The van der Waals surface area contributed by atoms with Crippen molar-refractivity contribution in [1.29, 1.82) is 0 Å². The third-order valence-corrected chi connectivity index (χ3v) is 6.63. The van der Waals surface area contributed by atoms with Crippen molar-refractivity contribution in [2.24, 2.45) is 13.0 Å². The molecule has 0 radical (unpaired) electrons. The van der Waals surface area contributed by atoms with Gasteiger partial charge in [0.1, 0.15) is 23.4 Å². The van der Waals surface area contributed by atoms with Crippen LogP contribution >= 0.6 is 11.6 Å². The van der Waals surface area contributed by atoms with Crippen molar-refractivity contribution in [3.05, 3.63) is 76.8 Å². The number of ether oxygens (including phenoxy) is 2. The zero-order chi connectivity index (χ0) is 24.9. The average molecular weight is 497 g/mol. The van der Waals surface area contributed by atoms with Gasteiger partial charge in [0, 0.05) is 49.0 Å². The summed E-state index contributed by atoms with van der Waals surface area (Å²) in [6.45, 7) is 0.933. The van der Waals surface area contributed by atoms with E-state index in [4.69, 9.17) is 21.1 Å². The fraction of sp³-hybridized carbons (Fsp3) is 0.346. The lowest BCUT2D eigenvalue weighted by Gasteiger charge is -2.32. The summed E-state index contributed by atoms with van der Waals surface area (Å²) in [5.41, 5.74) is 1.26. The van der Waals surface area contributed by atoms with Gasteiger partial charge in [-0.3, -0.25) is 9.59 Å².